The van der Waals surface area contributed by atoms with Gasteiger partial charge in [0.05, 0.1) is 12.1 Å². The van der Waals surface area contributed by atoms with Crippen molar-refractivity contribution in [3.8, 4) is 0 Å². The van der Waals surface area contributed by atoms with Crippen molar-refractivity contribution < 1.29 is 4.79 Å². The van der Waals surface area contributed by atoms with Gasteiger partial charge in [0.15, 0.2) is 0 Å². The number of carbonyl (C=O) groups is 1. The molecule has 1 aliphatic carbocycles. The average molecular weight is 292 g/mol. The lowest BCUT2D eigenvalue weighted by Gasteiger charge is -2.13. The van der Waals surface area contributed by atoms with Gasteiger partial charge in [-0.15, -0.1) is 0 Å². The monoisotopic (exact) mass is 292 g/mol. The van der Waals surface area contributed by atoms with Gasteiger partial charge in [0.2, 0.25) is 5.91 Å². The van der Waals surface area contributed by atoms with Crippen molar-refractivity contribution >= 4 is 28.9 Å². The molecule has 20 heavy (non-hydrogen) atoms. The summed E-state index contributed by atoms with van der Waals surface area (Å²) in [6, 6.07) is 2.12. The third-order valence-corrected chi connectivity index (χ3v) is 3.40. The molecule has 1 aromatic rings. The van der Waals surface area contributed by atoms with Gasteiger partial charge in [-0.3, -0.25) is 4.79 Å². The van der Waals surface area contributed by atoms with Crippen LogP contribution in [0.5, 0.6) is 0 Å². The summed E-state index contributed by atoms with van der Waals surface area (Å²) in [5, 5.41) is 5.86. The summed E-state index contributed by atoms with van der Waals surface area (Å²) in [7, 11) is 0. The molecule has 1 heterocycles. The number of fused-ring (bicyclic) bond motifs is 1. The number of aromatic nitrogens is 1. The number of anilines is 1. The average Bonchev–Trinajstić information content (AvgIpc) is 2.81. The number of amides is 1. The number of aryl methyl sites for hydroxylation is 2. The van der Waals surface area contributed by atoms with E-state index in [1.807, 2.05) is 19.9 Å². The lowest BCUT2D eigenvalue weighted by Crippen LogP contribution is -2.35. The maximum atomic E-state index is 11.7. The van der Waals surface area contributed by atoms with Crippen LogP contribution in [0.3, 0.4) is 0 Å². The van der Waals surface area contributed by atoms with Crippen molar-refractivity contribution in [3.63, 3.8) is 0 Å². The van der Waals surface area contributed by atoms with Crippen LogP contribution in [-0.2, 0) is 17.6 Å². The molecule has 0 saturated heterocycles. The SMILES string of the molecule is CC(C)NC(=O)CNc1nc2c(cc1C(N)=S)CCC2. The molecule has 0 spiro atoms. The summed E-state index contributed by atoms with van der Waals surface area (Å²) >= 11 is 5.07. The lowest BCUT2D eigenvalue weighted by molar-refractivity contribution is -0.119. The molecule has 0 aliphatic heterocycles. The number of pyridine rings is 1. The second-order valence-electron chi connectivity index (χ2n) is 5.28. The van der Waals surface area contributed by atoms with Crippen molar-refractivity contribution in [1.29, 1.82) is 0 Å². The zero-order valence-corrected chi connectivity index (χ0v) is 12.6. The van der Waals surface area contributed by atoms with Crippen molar-refractivity contribution in [2.24, 2.45) is 5.73 Å². The van der Waals surface area contributed by atoms with Crippen LogP contribution >= 0.6 is 12.2 Å². The highest BCUT2D eigenvalue weighted by Crippen LogP contribution is 2.25. The minimum Gasteiger partial charge on any atom is -0.389 e. The molecule has 4 N–H and O–H groups in total. The predicted molar refractivity (Wildman–Crippen MR) is 83.9 cm³/mol. The molecule has 0 radical (unpaired) electrons. The molecule has 0 unspecified atom stereocenters. The molecule has 1 aliphatic rings. The summed E-state index contributed by atoms with van der Waals surface area (Å²) in [4.78, 5) is 16.5. The molecule has 0 atom stereocenters. The Morgan fingerprint density at radius 1 is 1.50 bits per heavy atom. The van der Waals surface area contributed by atoms with Crippen LogP contribution in [0, 0.1) is 0 Å². The number of rotatable bonds is 5. The van der Waals surface area contributed by atoms with Crippen molar-refractivity contribution in [3.05, 3.63) is 22.9 Å². The zero-order chi connectivity index (χ0) is 14.7. The van der Waals surface area contributed by atoms with E-state index in [2.05, 4.69) is 15.6 Å². The highest BCUT2D eigenvalue weighted by molar-refractivity contribution is 7.80. The Bertz CT molecular complexity index is 542. The molecule has 0 aromatic carbocycles. The maximum absolute atomic E-state index is 11.7. The van der Waals surface area contributed by atoms with Gasteiger partial charge in [-0.25, -0.2) is 4.98 Å². The van der Waals surface area contributed by atoms with E-state index in [-0.39, 0.29) is 18.5 Å². The van der Waals surface area contributed by atoms with Crippen LogP contribution < -0.4 is 16.4 Å². The van der Waals surface area contributed by atoms with Gasteiger partial charge in [0, 0.05) is 11.7 Å². The largest absolute Gasteiger partial charge is 0.389 e. The molecule has 0 saturated carbocycles. The van der Waals surface area contributed by atoms with Gasteiger partial charge in [-0.2, -0.15) is 0 Å². The number of carbonyl (C=O) groups excluding carboxylic acids is 1. The smallest absolute Gasteiger partial charge is 0.239 e. The Morgan fingerprint density at radius 3 is 2.90 bits per heavy atom. The minimum absolute atomic E-state index is 0.0730. The van der Waals surface area contributed by atoms with E-state index in [1.54, 1.807) is 0 Å². The molecule has 108 valence electrons. The van der Waals surface area contributed by atoms with Crippen LogP contribution in [0.2, 0.25) is 0 Å². The van der Waals surface area contributed by atoms with E-state index in [0.29, 0.717) is 10.8 Å². The molecule has 2 rings (SSSR count). The van der Waals surface area contributed by atoms with E-state index in [0.717, 1.165) is 30.5 Å². The highest BCUT2D eigenvalue weighted by Gasteiger charge is 2.18. The Morgan fingerprint density at radius 2 is 2.25 bits per heavy atom. The van der Waals surface area contributed by atoms with E-state index in [1.165, 1.54) is 5.56 Å². The van der Waals surface area contributed by atoms with Gasteiger partial charge >= 0.3 is 0 Å². The highest BCUT2D eigenvalue weighted by atomic mass is 32.1. The molecular formula is C14H20N4OS. The lowest BCUT2D eigenvalue weighted by atomic mass is 10.1. The minimum atomic E-state index is -0.0730. The van der Waals surface area contributed by atoms with Crippen LogP contribution in [0.15, 0.2) is 6.07 Å². The third-order valence-electron chi connectivity index (χ3n) is 3.18. The Hall–Kier alpha value is -1.69. The molecule has 1 amide bonds. The summed E-state index contributed by atoms with van der Waals surface area (Å²) < 4.78 is 0. The fourth-order valence-corrected chi connectivity index (χ4v) is 2.49. The topological polar surface area (TPSA) is 80.0 Å². The Kier molecular flexibility index (Phi) is 4.54. The van der Waals surface area contributed by atoms with Crippen LogP contribution in [0.4, 0.5) is 5.82 Å². The number of thiocarbonyl (C=S) groups is 1. The first-order valence-corrected chi connectivity index (χ1v) is 7.24. The Balaban J connectivity index is 2.14. The Labute approximate surface area is 124 Å². The molecule has 5 nitrogen and oxygen atoms in total. The summed E-state index contributed by atoms with van der Waals surface area (Å²) in [6.45, 7) is 4.01. The quantitative estimate of drug-likeness (QED) is 0.709. The molecule has 0 bridgehead atoms. The van der Waals surface area contributed by atoms with Crippen LogP contribution in [0.1, 0.15) is 37.1 Å². The van der Waals surface area contributed by atoms with E-state index >= 15 is 0 Å². The number of hydrogen-bond donors (Lipinski definition) is 3. The van der Waals surface area contributed by atoms with E-state index < -0.39 is 0 Å². The van der Waals surface area contributed by atoms with Gasteiger partial charge in [0.25, 0.3) is 0 Å². The van der Waals surface area contributed by atoms with E-state index in [4.69, 9.17) is 18.0 Å². The standard InChI is InChI=1S/C14H20N4OS/c1-8(2)17-12(19)7-16-14-10(13(15)20)6-9-4-3-5-11(9)18-14/h6,8H,3-5,7H2,1-2H3,(H2,15,20)(H,16,18)(H,17,19). The molecular weight excluding hydrogens is 272 g/mol. The molecule has 0 fully saturated rings. The maximum Gasteiger partial charge on any atom is 0.239 e. The third kappa shape index (κ3) is 3.45. The van der Waals surface area contributed by atoms with Crippen molar-refractivity contribution in [2.75, 3.05) is 11.9 Å². The second kappa shape index (κ2) is 6.17. The summed E-state index contributed by atoms with van der Waals surface area (Å²) in [6.07, 6.45) is 3.10. The number of nitrogens with zero attached hydrogens (tertiary/aromatic N) is 1. The summed E-state index contributed by atoms with van der Waals surface area (Å²) in [5.74, 6) is 0.535. The van der Waals surface area contributed by atoms with Crippen molar-refractivity contribution in [2.45, 2.75) is 39.2 Å². The molecule has 1 aromatic heterocycles. The fourth-order valence-electron chi connectivity index (χ4n) is 2.33. The van der Waals surface area contributed by atoms with Gasteiger partial charge in [0.1, 0.15) is 10.8 Å². The summed E-state index contributed by atoms with van der Waals surface area (Å²) in [5.41, 5.74) is 8.76. The normalized spacial score (nSPS) is 13.2. The first kappa shape index (κ1) is 14.7. The van der Waals surface area contributed by atoms with Gasteiger partial charge < -0.3 is 16.4 Å². The number of nitrogens with two attached hydrogens (primary N) is 1. The first-order valence-electron chi connectivity index (χ1n) is 6.83. The predicted octanol–water partition coefficient (Wildman–Crippen LogP) is 1.14. The fraction of sp³-hybridized carbons (Fsp3) is 0.500. The van der Waals surface area contributed by atoms with E-state index in [9.17, 15) is 4.79 Å². The van der Waals surface area contributed by atoms with Gasteiger partial charge in [-0.1, -0.05) is 12.2 Å². The second-order valence-corrected chi connectivity index (χ2v) is 5.72. The van der Waals surface area contributed by atoms with Crippen LogP contribution in [0.25, 0.3) is 0 Å². The van der Waals surface area contributed by atoms with Gasteiger partial charge in [-0.05, 0) is 44.7 Å². The van der Waals surface area contributed by atoms with Crippen molar-refractivity contribution in [1.82, 2.24) is 10.3 Å². The van der Waals surface area contributed by atoms with Crippen LogP contribution in [-0.4, -0.2) is 28.5 Å². The zero-order valence-electron chi connectivity index (χ0n) is 11.8. The molecule has 6 heteroatoms. The number of hydrogen-bond acceptors (Lipinski definition) is 4. The first-order chi connectivity index (χ1) is 9.47. The number of nitrogens with one attached hydrogen (secondary N) is 2.